The van der Waals surface area contributed by atoms with Crippen molar-refractivity contribution in [1.29, 1.82) is 0 Å². The fourth-order valence-electron chi connectivity index (χ4n) is 3.32. The zero-order valence-electron chi connectivity index (χ0n) is 14.3. The zero-order valence-corrected chi connectivity index (χ0v) is 14.3. The van der Waals surface area contributed by atoms with E-state index in [1.165, 1.54) is 5.56 Å². The van der Waals surface area contributed by atoms with Gasteiger partial charge in [-0.05, 0) is 45.1 Å². The maximum Gasteiger partial charge on any atom is 0.228 e. The average Bonchev–Trinajstić information content (AvgIpc) is 2.87. The summed E-state index contributed by atoms with van der Waals surface area (Å²) in [6.45, 7) is 4.63. The van der Waals surface area contributed by atoms with Crippen molar-refractivity contribution in [1.82, 2.24) is 9.78 Å². The quantitative estimate of drug-likeness (QED) is 0.907. The number of rotatable bonds is 4. The molecule has 1 aliphatic rings. The number of hydrogen-bond acceptors (Lipinski definition) is 3. The fraction of sp³-hybridized carbons (Fsp3) is 0.474. The van der Waals surface area contributed by atoms with Crippen LogP contribution in [0.2, 0.25) is 0 Å². The molecule has 0 saturated heterocycles. The predicted molar refractivity (Wildman–Crippen MR) is 93.8 cm³/mol. The molecule has 2 aromatic rings. The van der Waals surface area contributed by atoms with Crippen LogP contribution in [-0.4, -0.2) is 26.9 Å². The number of benzene rings is 1. The molecule has 5 nitrogen and oxygen atoms in total. The van der Waals surface area contributed by atoms with Crippen LogP contribution < -0.4 is 5.32 Å². The van der Waals surface area contributed by atoms with Crippen molar-refractivity contribution in [2.45, 2.75) is 52.2 Å². The molecule has 1 aromatic carbocycles. The van der Waals surface area contributed by atoms with Crippen molar-refractivity contribution in [2.75, 3.05) is 5.32 Å². The van der Waals surface area contributed by atoms with Gasteiger partial charge in [-0.25, -0.2) is 4.68 Å². The zero-order chi connectivity index (χ0) is 17.1. The second-order valence-electron chi connectivity index (χ2n) is 6.81. The minimum Gasteiger partial charge on any atom is -0.393 e. The monoisotopic (exact) mass is 327 g/mol. The summed E-state index contributed by atoms with van der Waals surface area (Å²) in [5.41, 5.74) is 3.26. The molecule has 5 heteroatoms. The van der Waals surface area contributed by atoms with E-state index >= 15 is 0 Å². The second kappa shape index (κ2) is 7.18. The number of carbonyl (C=O) groups is 1. The summed E-state index contributed by atoms with van der Waals surface area (Å²) >= 11 is 0. The van der Waals surface area contributed by atoms with Crippen molar-refractivity contribution >= 4 is 11.7 Å². The van der Waals surface area contributed by atoms with Crippen molar-refractivity contribution < 1.29 is 9.90 Å². The largest absolute Gasteiger partial charge is 0.393 e. The van der Waals surface area contributed by atoms with E-state index in [1.54, 1.807) is 0 Å². The first kappa shape index (κ1) is 16.7. The van der Waals surface area contributed by atoms with Gasteiger partial charge in [0.15, 0.2) is 0 Å². The Morgan fingerprint density at radius 2 is 2.00 bits per heavy atom. The van der Waals surface area contributed by atoms with Crippen LogP contribution in [0, 0.1) is 19.8 Å². The molecule has 0 bridgehead atoms. The Bertz CT molecular complexity index is 715. The summed E-state index contributed by atoms with van der Waals surface area (Å²) in [7, 11) is 0. The molecule has 0 unspecified atom stereocenters. The first-order valence-corrected chi connectivity index (χ1v) is 8.60. The smallest absolute Gasteiger partial charge is 0.228 e. The van der Waals surface area contributed by atoms with E-state index in [-0.39, 0.29) is 17.9 Å². The molecule has 1 aliphatic carbocycles. The highest BCUT2D eigenvalue weighted by Crippen LogP contribution is 2.25. The number of amides is 1. The summed E-state index contributed by atoms with van der Waals surface area (Å²) in [5.74, 6) is 0.758. The molecule has 2 N–H and O–H groups in total. The Kier molecular flexibility index (Phi) is 5.00. The van der Waals surface area contributed by atoms with Gasteiger partial charge in [-0.3, -0.25) is 4.79 Å². The topological polar surface area (TPSA) is 67.2 Å². The Labute approximate surface area is 142 Å². The number of aliphatic hydroxyl groups is 1. The van der Waals surface area contributed by atoms with Gasteiger partial charge in [-0.1, -0.05) is 29.8 Å². The summed E-state index contributed by atoms with van der Waals surface area (Å²) in [6.07, 6.45) is 2.66. The number of aliphatic hydroxyl groups excluding tert-OH is 1. The third kappa shape index (κ3) is 4.03. The molecule has 0 radical (unpaired) electrons. The minimum atomic E-state index is -0.247. The molecule has 3 rings (SSSR count). The van der Waals surface area contributed by atoms with E-state index in [1.807, 2.05) is 23.7 Å². The van der Waals surface area contributed by atoms with E-state index in [0.717, 1.165) is 29.9 Å². The number of hydrogen-bond donors (Lipinski definition) is 2. The highest BCUT2D eigenvalue weighted by atomic mass is 16.3. The van der Waals surface area contributed by atoms with Gasteiger partial charge in [0.2, 0.25) is 5.91 Å². The number of nitrogens with one attached hydrogen (secondary N) is 1. The van der Waals surface area contributed by atoms with Crippen LogP contribution in [0.15, 0.2) is 30.3 Å². The van der Waals surface area contributed by atoms with Crippen molar-refractivity contribution in [2.24, 2.45) is 5.92 Å². The SMILES string of the molecule is Cc1cccc(Cn2nc(C)cc2NC(=O)C2CCC(O)CC2)c1. The Hall–Kier alpha value is -2.14. The Morgan fingerprint density at radius 1 is 1.25 bits per heavy atom. The van der Waals surface area contributed by atoms with Crippen LogP contribution in [0.4, 0.5) is 5.82 Å². The molecule has 1 fully saturated rings. The summed E-state index contributed by atoms with van der Waals surface area (Å²) in [6, 6.07) is 10.2. The Balaban J connectivity index is 1.71. The maximum absolute atomic E-state index is 12.5. The van der Waals surface area contributed by atoms with Gasteiger partial charge in [0.05, 0.1) is 18.3 Å². The number of aryl methyl sites for hydroxylation is 2. The lowest BCUT2D eigenvalue weighted by Gasteiger charge is -2.24. The van der Waals surface area contributed by atoms with Crippen molar-refractivity contribution in [3.63, 3.8) is 0 Å². The van der Waals surface area contributed by atoms with Crippen LogP contribution in [0.1, 0.15) is 42.5 Å². The van der Waals surface area contributed by atoms with Gasteiger partial charge in [0, 0.05) is 12.0 Å². The normalized spacial score (nSPS) is 20.8. The first-order valence-electron chi connectivity index (χ1n) is 8.60. The lowest BCUT2D eigenvalue weighted by atomic mass is 9.87. The highest BCUT2D eigenvalue weighted by Gasteiger charge is 2.26. The molecular weight excluding hydrogens is 302 g/mol. The van der Waals surface area contributed by atoms with Crippen molar-refractivity contribution in [3.05, 3.63) is 47.2 Å². The maximum atomic E-state index is 12.5. The Morgan fingerprint density at radius 3 is 2.71 bits per heavy atom. The van der Waals surface area contributed by atoms with E-state index in [4.69, 9.17) is 0 Å². The number of carbonyl (C=O) groups excluding carboxylic acids is 1. The van der Waals surface area contributed by atoms with Crippen LogP contribution in [0.3, 0.4) is 0 Å². The van der Waals surface area contributed by atoms with E-state index in [0.29, 0.717) is 19.4 Å². The van der Waals surface area contributed by atoms with Crippen molar-refractivity contribution in [3.8, 4) is 0 Å². The number of anilines is 1. The summed E-state index contributed by atoms with van der Waals surface area (Å²) in [4.78, 5) is 12.5. The lowest BCUT2D eigenvalue weighted by molar-refractivity contribution is -0.121. The van der Waals surface area contributed by atoms with E-state index in [2.05, 4.69) is 35.5 Å². The lowest BCUT2D eigenvalue weighted by Crippen LogP contribution is -2.29. The van der Waals surface area contributed by atoms with E-state index < -0.39 is 0 Å². The standard InChI is InChI=1S/C19H25N3O2/c1-13-4-3-5-15(10-13)12-22-18(11-14(2)21-22)20-19(24)16-6-8-17(23)9-7-16/h3-5,10-11,16-17,23H,6-9,12H2,1-2H3,(H,20,24). The molecular formula is C19H25N3O2. The summed E-state index contributed by atoms with van der Waals surface area (Å²) in [5, 5.41) is 17.1. The number of nitrogens with zero attached hydrogens (tertiary/aromatic N) is 2. The highest BCUT2D eigenvalue weighted by molar-refractivity contribution is 5.91. The van der Waals surface area contributed by atoms with Crippen LogP contribution in [0.25, 0.3) is 0 Å². The third-order valence-corrected chi connectivity index (χ3v) is 4.64. The van der Waals surface area contributed by atoms with Gasteiger partial charge in [-0.15, -0.1) is 0 Å². The molecule has 0 aliphatic heterocycles. The van der Waals surface area contributed by atoms with Gasteiger partial charge in [0.25, 0.3) is 0 Å². The van der Waals surface area contributed by atoms with Gasteiger partial charge < -0.3 is 10.4 Å². The third-order valence-electron chi connectivity index (χ3n) is 4.64. The predicted octanol–water partition coefficient (Wildman–Crippen LogP) is 3.04. The van der Waals surface area contributed by atoms with Crippen LogP contribution >= 0.6 is 0 Å². The van der Waals surface area contributed by atoms with Gasteiger partial charge in [-0.2, -0.15) is 5.10 Å². The molecule has 0 spiro atoms. The first-order chi connectivity index (χ1) is 11.5. The molecule has 0 atom stereocenters. The second-order valence-corrected chi connectivity index (χ2v) is 6.81. The van der Waals surface area contributed by atoms with Crippen LogP contribution in [0.5, 0.6) is 0 Å². The molecule has 1 amide bonds. The molecule has 128 valence electrons. The molecule has 1 saturated carbocycles. The molecule has 1 aromatic heterocycles. The molecule has 24 heavy (non-hydrogen) atoms. The van der Waals surface area contributed by atoms with Crippen LogP contribution in [-0.2, 0) is 11.3 Å². The fourth-order valence-corrected chi connectivity index (χ4v) is 3.32. The number of aromatic nitrogens is 2. The van der Waals surface area contributed by atoms with Gasteiger partial charge >= 0.3 is 0 Å². The minimum absolute atomic E-state index is 0.0176. The molecule has 1 heterocycles. The van der Waals surface area contributed by atoms with Gasteiger partial charge in [0.1, 0.15) is 5.82 Å². The van der Waals surface area contributed by atoms with E-state index in [9.17, 15) is 9.90 Å². The average molecular weight is 327 g/mol. The summed E-state index contributed by atoms with van der Waals surface area (Å²) < 4.78 is 1.85.